The van der Waals surface area contributed by atoms with Crippen molar-refractivity contribution >= 4 is 34.7 Å². The number of ether oxygens (including phenoxy) is 2. The van der Waals surface area contributed by atoms with Crippen molar-refractivity contribution < 1.29 is 13.9 Å². The smallest absolute Gasteiger partial charge is 0.294 e. The van der Waals surface area contributed by atoms with Gasteiger partial charge in [-0.25, -0.2) is 9.37 Å². The number of hydrogen-bond acceptors (Lipinski definition) is 5. The number of rotatable bonds is 8. The Balaban J connectivity index is 1.73. The number of nitrogens with zero attached hydrogens (tertiary/aromatic N) is 3. The summed E-state index contributed by atoms with van der Waals surface area (Å²) in [5.74, 6) is 1.22. The molecule has 0 amide bonds. The summed E-state index contributed by atoms with van der Waals surface area (Å²) in [5.41, 5.74) is 1.49. The zero-order valence-electron chi connectivity index (χ0n) is 16.0. The van der Waals surface area contributed by atoms with Crippen LogP contribution in [-0.2, 0) is 11.2 Å². The van der Waals surface area contributed by atoms with Crippen molar-refractivity contribution in [2.75, 3.05) is 38.4 Å². The van der Waals surface area contributed by atoms with E-state index in [1.54, 1.807) is 23.9 Å². The van der Waals surface area contributed by atoms with Gasteiger partial charge in [0.05, 0.1) is 37.1 Å². The van der Waals surface area contributed by atoms with E-state index in [0.29, 0.717) is 29.7 Å². The van der Waals surface area contributed by atoms with E-state index in [0.717, 1.165) is 24.1 Å². The molecule has 1 aromatic heterocycles. The SMILES string of the molecule is COc1cc(Cl)c2c(c1)CCN2c1nc(Cl)cn([C@@H](COCCF)C2CC2)c1=O. The molecule has 0 unspecified atom stereocenters. The molecule has 1 aliphatic heterocycles. The predicted molar refractivity (Wildman–Crippen MR) is 111 cm³/mol. The maximum absolute atomic E-state index is 13.4. The van der Waals surface area contributed by atoms with Gasteiger partial charge in [-0.05, 0) is 36.8 Å². The fraction of sp³-hybridized carbons (Fsp3) is 0.500. The standard InChI is InChI=1S/C20H22Cl2FN3O3/c1-28-14-8-13-4-6-25(18(13)15(21)9-14)19-20(27)26(10-17(22)24-19)16(12-2-3-12)11-29-7-5-23/h8-10,12,16H,2-7,11H2,1H3/t16-/m0/s1. The molecule has 29 heavy (non-hydrogen) atoms. The Hall–Kier alpha value is -1.83. The highest BCUT2D eigenvalue weighted by Crippen LogP contribution is 2.42. The molecule has 9 heteroatoms. The molecule has 0 N–H and O–H groups in total. The quantitative estimate of drug-likeness (QED) is 0.574. The van der Waals surface area contributed by atoms with Gasteiger partial charge in [0, 0.05) is 18.8 Å². The predicted octanol–water partition coefficient (Wildman–Crippen LogP) is 4.19. The first-order valence-electron chi connectivity index (χ1n) is 9.59. The van der Waals surface area contributed by atoms with Crippen molar-refractivity contribution in [1.82, 2.24) is 9.55 Å². The van der Waals surface area contributed by atoms with E-state index in [1.807, 2.05) is 11.0 Å². The van der Waals surface area contributed by atoms with Crippen LogP contribution < -0.4 is 15.2 Å². The first-order valence-corrected chi connectivity index (χ1v) is 10.4. The molecule has 4 rings (SSSR count). The minimum Gasteiger partial charge on any atom is -0.497 e. The molecule has 0 saturated heterocycles. The van der Waals surface area contributed by atoms with E-state index < -0.39 is 6.67 Å². The number of aromatic nitrogens is 2. The van der Waals surface area contributed by atoms with E-state index in [9.17, 15) is 9.18 Å². The summed E-state index contributed by atoms with van der Waals surface area (Å²) < 4.78 is 24.8. The van der Waals surface area contributed by atoms with Gasteiger partial charge < -0.3 is 18.9 Å². The zero-order valence-corrected chi connectivity index (χ0v) is 17.5. The Morgan fingerprint density at radius 2 is 2.14 bits per heavy atom. The second-order valence-corrected chi connectivity index (χ2v) is 8.08. The molecular formula is C20H22Cl2FN3O3. The van der Waals surface area contributed by atoms with E-state index in [-0.39, 0.29) is 35.8 Å². The summed E-state index contributed by atoms with van der Waals surface area (Å²) in [6.07, 6.45) is 4.26. The molecule has 2 heterocycles. The Morgan fingerprint density at radius 1 is 1.34 bits per heavy atom. The third kappa shape index (κ3) is 4.09. The fourth-order valence-electron chi connectivity index (χ4n) is 3.87. The second kappa shape index (κ2) is 8.50. The van der Waals surface area contributed by atoms with E-state index >= 15 is 0 Å². The molecule has 0 bridgehead atoms. The lowest BCUT2D eigenvalue weighted by atomic mass is 10.1. The second-order valence-electron chi connectivity index (χ2n) is 7.29. The van der Waals surface area contributed by atoms with Gasteiger partial charge in [-0.2, -0.15) is 0 Å². The van der Waals surface area contributed by atoms with Gasteiger partial charge in [0.15, 0.2) is 0 Å². The maximum atomic E-state index is 13.4. The minimum absolute atomic E-state index is 0.0145. The molecule has 2 aliphatic rings. The maximum Gasteiger partial charge on any atom is 0.294 e. The summed E-state index contributed by atoms with van der Waals surface area (Å²) in [5, 5.41) is 0.712. The third-order valence-electron chi connectivity index (χ3n) is 5.40. The summed E-state index contributed by atoms with van der Waals surface area (Å²) in [6, 6.07) is 3.45. The Bertz CT molecular complexity index is 965. The number of anilines is 2. The van der Waals surface area contributed by atoms with Crippen LogP contribution in [0.1, 0.15) is 24.4 Å². The highest BCUT2D eigenvalue weighted by molar-refractivity contribution is 6.34. The molecule has 1 atom stereocenters. The van der Waals surface area contributed by atoms with Gasteiger partial charge in [-0.15, -0.1) is 0 Å². The number of halogens is 3. The molecule has 1 aliphatic carbocycles. The van der Waals surface area contributed by atoms with Crippen molar-refractivity contribution in [2.24, 2.45) is 5.92 Å². The van der Waals surface area contributed by atoms with Crippen molar-refractivity contribution in [3.05, 3.63) is 44.4 Å². The van der Waals surface area contributed by atoms with Crippen LogP contribution in [-0.4, -0.2) is 43.1 Å². The van der Waals surface area contributed by atoms with Crippen molar-refractivity contribution in [3.63, 3.8) is 0 Å². The summed E-state index contributed by atoms with van der Waals surface area (Å²) in [7, 11) is 1.59. The minimum atomic E-state index is -0.554. The summed E-state index contributed by atoms with van der Waals surface area (Å²) in [4.78, 5) is 19.5. The average Bonchev–Trinajstić information content (AvgIpc) is 3.45. The molecule has 0 spiro atoms. The van der Waals surface area contributed by atoms with Crippen molar-refractivity contribution in [1.29, 1.82) is 0 Å². The summed E-state index contributed by atoms with van der Waals surface area (Å²) in [6.45, 7) is 0.293. The summed E-state index contributed by atoms with van der Waals surface area (Å²) >= 11 is 12.8. The molecule has 1 aromatic carbocycles. The van der Waals surface area contributed by atoms with E-state index in [1.165, 1.54) is 0 Å². The molecule has 1 fully saturated rings. The molecule has 1 saturated carbocycles. The first-order chi connectivity index (χ1) is 14.0. The number of hydrogen-bond donors (Lipinski definition) is 0. The van der Waals surface area contributed by atoms with Crippen LogP contribution in [0.25, 0.3) is 0 Å². The first kappa shape index (κ1) is 20.4. The largest absolute Gasteiger partial charge is 0.497 e. The van der Waals surface area contributed by atoms with Crippen LogP contribution in [0, 0.1) is 5.92 Å². The fourth-order valence-corrected chi connectivity index (χ4v) is 4.38. The van der Waals surface area contributed by atoms with Gasteiger partial charge in [0.2, 0.25) is 5.82 Å². The molecule has 6 nitrogen and oxygen atoms in total. The van der Waals surface area contributed by atoms with Gasteiger partial charge >= 0.3 is 0 Å². The molecular weight excluding hydrogens is 420 g/mol. The topological polar surface area (TPSA) is 56.6 Å². The van der Waals surface area contributed by atoms with E-state index in [4.69, 9.17) is 32.7 Å². The number of alkyl halides is 1. The van der Waals surface area contributed by atoms with Crippen LogP contribution in [0.3, 0.4) is 0 Å². The third-order valence-corrected chi connectivity index (χ3v) is 5.87. The zero-order chi connectivity index (χ0) is 20.5. The number of benzene rings is 1. The van der Waals surface area contributed by atoms with Gasteiger partial charge in [-0.1, -0.05) is 23.2 Å². The highest BCUT2D eigenvalue weighted by atomic mass is 35.5. The molecule has 0 radical (unpaired) electrons. The van der Waals surface area contributed by atoms with Crippen molar-refractivity contribution in [2.45, 2.75) is 25.3 Å². The normalized spacial score (nSPS) is 16.8. The van der Waals surface area contributed by atoms with Crippen LogP contribution in [0.4, 0.5) is 15.9 Å². The Kier molecular flexibility index (Phi) is 5.99. The lowest BCUT2D eigenvalue weighted by Crippen LogP contribution is -2.34. The van der Waals surface area contributed by atoms with Gasteiger partial charge in [0.25, 0.3) is 5.56 Å². The number of fused-ring (bicyclic) bond motifs is 1. The average molecular weight is 442 g/mol. The van der Waals surface area contributed by atoms with Gasteiger partial charge in [0.1, 0.15) is 17.6 Å². The van der Waals surface area contributed by atoms with Crippen LogP contribution in [0.2, 0.25) is 10.2 Å². The van der Waals surface area contributed by atoms with Crippen LogP contribution >= 0.6 is 23.2 Å². The lowest BCUT2D eigenvalue weighted by Gasteiger charge is -2.24. The molecule has 156 valence electrons. The number of methoxy groups -OCH3 is 1. The molecule has 2 aromatic rings. The lowest BCUT2D eigenvalue weighted by molar-refractivity contribution is 0.0833. The Labute approximate surface area is 178 Å². The Morgan fingerprint density at radius 3 is 2.83 bits per heavy atom. The highest BCUT2D eigenvalue weighted by Gasteiger charge is 2.35. The van der Waals surface area contributed by atoms with Gasteiger partial charge in [-0.3, -0.25) is 4.79 Å². The van der Waals surface area contributed by atoms with E-state index in [2.05, 4.69) is 4.98 Å². The van der Waals surface area contributed by atoms with Crippen LogP contribution in [0.5, 0.6) is 5.75 Å². The van der Waals surface area contributed by atoms with Crippen molar-refractivity contribution in [3.8, 4) is 5.75 Å². The monoisotopic (exact) mass is 441 g/mol. The van der Waals surface area contributed by atoms with Crippen LogP contribution in [0.15, 0.2) is 23.1 Å².